The van der Waals surface area contributed by atoms with Gasteiger partial charge in [-0.25, -0.2) is 0 Å². The third kappa shape index (κ3) is 1.57. The summed E-state index contributed by atoms with van der Waals surface area (Å²) in [5, 5.41) is 0. The summed E-state index contributed by atoms with van der Waals surface area (Å²) in [6, 6.07) is 1.64. The molecule has 0 aromatic heterocycles. The molecule has 1 aromatic rings. The molecule has 7 heteroatoms. The molecule has 126 valence electrons. The Hall–Kier alpha value is -2.44. The number of ether oxygens (including phenoxy) is 2. The highest BCUT2D eigenvalue weighted by Gasteiger charge is 2.49. The summed E-state index contributed by atoms with van der Waals surface area (Å²) in [6.07, 6.45) is 3.08. The summed E-state index contributed by atoms with van der Waals surface area (Å²) in [6.45, 7) is 3.25. The van der Waals surface area contributed by atoms with Crippen LogP contribution in [0.4, 0.5) is 5.69 Å². The Morgan fingerprint density at radius 2 is 2.08 bits per heavy atom. The van der Waals surface area contributed by atoms with Crippen molar-refractivity contribution in [1.82, 2.24) is 9.80 Å². The molecule has 4 heterocycles. The summed E-state index contributed by atoms with van der Waals surface area (Å²) < 4.78 is 12.1. The van der Waals surface area contributed by atoms with Crippen molar-refractivity contribution in [3.05, 3.63) is 17.2 Å². The summed E-state index contributed by atoms with van der Waals surface area (Å²) >= 11 is 0. The van der Waals surface area contributed by atoms with Crippen molar-refractivity contribution in [1.29, 1.82) is 0 Å². The van der Waals surface area contributed by atoms with E-state index in [1.807, 2.05) is 6.92 Å². The summed E-state index contributed by atoms with van der Waals surface area (Å²) in [5.41, 5.74) is 6.56. The van der Waals surface area contributed by atoms with Gasteiger partial charge in [-0.3, -0.25) is 9.59 Å². The Morgan fingerprint density at radius 1 is 1.25 bits per heavy atom. The fourth-order valence-corrected chi connectivity index (χ4v) is 4.36. The van der Waals surface area contributed by atoms with E-state index in [1.165, 1.54) is 0 Å². The molecular weight excluding hydrogens is 310 g/mol. The van der Waals surface area contributed by atoms with E-state index in [4.69, 9.17) is 15.2 Å². The van der Waals surface area contributed by atoms with E-state index in [2.05, 4.69) is 0 Å². The lowest BCUT2D eigenvalue weighted by atomic mass is 9.99. The van der Waals surface area contributed by atoms with Gasteiger partial charge in [-0.1, -0.05) is 0 Å². The lowest BCUT2D eigenvalue weighted by Crippen LogP contribution is -2.53. The monoisotopic (exact) mass is 329 g/mol. The summed E-state index contributed by atoms with van der Waals surface area (Å²) in [5.74, 6) is 0.498. The minimum absolute atomic E-state index is 0.0942. The first kappa shape index (κ1) is 13.9. The predicted octanol–water partition coefficient (Wildman–Crippen LogP) is 1.57. The van der Waals surface area contributed by atoms with Crippen molar-refractivity contribution in [2.75, 3.05) is 18.8 Å². The topological polar surface area (TPSA) is 85.1 Å². The second-order valence-corrected chi connectivity index (χ2v) is 7.09. The number of fused-ring (bicyclic) bond motifs is 4. The van der Waals surface area contributed by atoms with Crippen LogP contribution in [0.1, 0.15) is 53.3 Å². The van der Waals surface area contributed by atoms with Crippen LogP contribution < -0.4 is 15.2 Å². The first-order chi connectivity index (χ1) is 11.5. The van der Waals surface area contributed by atoms with Gasteiger partial charge in [0.15, 0.2) is 17.7 Å². The van der Waals surface area contributed by atoms with Crippen LogP contribution >= 0.6 is 0 Å². The lowest BCUT2D eigenvalue weighted by Gasteiger charge is -2.41. The molecule has 0 saturated carbocycles. The molecule has 2 amide bonds. The fourth-order valence-electron chi connectivity index (χ4n) is 4.36. The molecule has 2 N–H and O–H groups in total. The number of nitrogens with two attached hydrogens (primary N) is 1. The van der Waals surface area contributed by atoms with Crippen molar-refractivity contribution in [2.45, 2.75) is 44.6 Å². The van der Waals surface area contributed by atoms with Gasteiger partial charge in [0, 0.05) is 25.9 Å². The maximum absolute atomic E-state index is 12.9. The molecule has 2 atom stereocenters. The summed E-state index contributed by atoms with van der Waals surface area (Å²) in [4.78, 5) is 29.2. The molecule has 4 aliphatic rings. The minimum atomic E-state index is -0.653. The van der Waals surface area contributed by atoms with Gasteiger partial charge in [0.25, 0.3) is 11.8 Å². The largest absolute Gasteiger partial charge is 0.467 e. The van der Waals surface area contributed by atoms with Crippen molar-refractivity contribution in [3.63, 3.8) is 0 Å². The average Bonchev–Trinajstić information content (AvgIpc) is 3.15. The van der Waals surface area contributed by atoms with Gasteiger partial charge in [-0.2, -0.15) is 0 Å². The van der Waals surface area contributed by atoms with Gasteiger partial charge in [0.05, 0.1) is 11.3 Å². The van der Waals surface area contributed by atoms with Crippen LogP contribution in [0, 0.1) is 0 Å². The van der Waals surface area contributed by atoms with Gasteiger partial charge in [-0.15, -0.1) is 0 Å². The standard InChI is InChI=1S/C17H19N3O4/c1-17-5-3-7-20(17)16(22)12-10(24-17)8-9-14(13(12)18)23-11-4-2-6-19(11)15(9)21/h8,11H,2-7,18H2,1H3. The number of nitrogens with zero attached hydrogens (tertiary/aromatic N) is 2. The Morgan fingerprint density at radius 3 is 2.92 bits per heavy atom. The van der Waals surface area contributed by atoms with Crippen molar-refractivity contribution in [3.8, 4) is 11.5 Å². The van der Waals surface area contributed by atoms with Crippen LogP contribution in [0.2, 0.25) is 0 Å². The highest BCUT2D eigenvalue weighted by Crippen LogP contribution is 2.48. The third-order valence-corrected chi connectivity index (χ3v) is 5.61. The van der Waals surface area contributed by atoms with Gasteiger partial charge < -0.3 is 25.0 Å². The number of carbonyl (C=O) groups is 2. The van der Waals surface area contributed by atoms with E-state index >= 15 is 0 Å². The number of nitrogen functional groups attached to an aromatic ring is 1. The highest BCUT2D eigenvalue weighted by atomic mass is 16.5. The van der Waals surface area contributed by atoms with Crippen LogP contribution in [0.3, 0.4) is 0 Å². The second-order valence-electron chi connectivity index (χ2n) is 7.09. The molecule has 0 radical (unpaired) electrons. The minimum Gasteiger partial charge on any atom is -0.467 e. The quantitative estimate of drug-likeness (QED) is 0.730. The Balaban J connectivity index is 1.69. The number of rotatable bonds is 0. The van der Waals surface area contributed by atoms with Crippen LogP contribution in [-0.2, 0) is 0 Å². The number of amides is 2. The van der Waals surface area contributed by atoms with Gasteiger partial charge in [0.2, 0.25) is 0 Å². The normalized spacial score (nSPS) is 30.3. The van der Waals surface area contributed by atoms with Crippen LogP contribution in [0.25, 0.3) is 0 Å². The second kappa shape index (κ2) is 4.34. The Bertz CT molecular complexity index is 793. The molecule has 2 saturated heterocycles. The van der Waals surface area contributed by atoms with E-state index in [9.17, 15) is 9.59 Å². The molecule has 5 rings (SSSR count). The first-order valence-electron chi connectivity index (χ1n) is 8.45. The number of anilines is 1. The molecule has 4 aliphatic heterocycles. The van der Waals surface area contributed by atoms with Gasteiger partial charge in [0.1, 0.15) is 11.3 Å². The molecule has 2 fully saturated rings. The van der Waals surface area contributed by atoms with E-state index < -0.39 is 5.72 Å². The van der Waals surface area contributed by atoms with E-state index in [1.54, 1.807) is 15.9 Å². The molecule has 24 heavy (non-hydrogen) atoms. The Labute approximate surface area is 139 Å². The van der Waals surface area contributed by atoms with Crippen molar-refractivity contribution in [2.24, 2.45) is 0 Å². The number of benzene rings is 1. The molecule has 2 unspecified atom stereocenters. The number of hydrogen-bond acceptors (Lipinski definition) is 5. The maximum atomic E-state index is 12.9. The zero-order valence-electron chi connectivity index (χ0n) is 13.5. The molecular formula is C17H19N3O4. The van der Waals surface area contributed by atoms with E-state index in [0.29, 0.717) is 35.7 Å². The molecule has 7 nitrogen and oxygen atoms in total. The Kier molecular flexibility index (Phi) is 2.52. The van der Waals surface area contributed by atoms with E-state index in [0.717, 1.165) is 25.7 Å². The van der Waals surface area contributed by atoms with Crippen molar-refractivity contribution >= 4 is 17.5 Å². The fraction of sp³-hybridized carbons (Fsp3) is 0.529. The molecule has 0 aliphatic carbocycles. The van der Waals surface area contributed by atoms with Gasteiger partial charge >= 0.3 is 0 Å². The van der Waals surface area contributed by atoms with Crippen molar-refractivity contribution < 1.29 is 19.1 Å². The van der Waals surface area contributed by atoms with Gasteiger partial charge in [-0.05, 0) is 25.8 Å². The van der Waals surface area contributed by atoms with Crippen LogP contribution in [-0.4, -0.2) is 46.7 Å². The first-order valence-corrected chi connectivity index (χ1v) is 8.45. The zero-order valence-corrected chi connectivity index (χ0v) is 13.5. The number of carbonyl (C=O) groups excluding carboxylic acids is 2. The SMILES string of the molecule is CC12CCCN1C(=O)c1c(cc3c(c1N)OC1CCCN1C3=O)O2. The number of hydrogen-bond donors (Lipinski definition) is 1. The maximum Gasteiger partial charge on any atom is 0.262 e. The average molecular weight is 329 g/mol. The molecule has 0 bridgehead atoms. The van der Waals surface area contributed by atoms with Crippen LogP contribution in [0.15, 0.2) is 6.07 Å². The highest BCUT2D eigenvalue weighted by molar-refractivity contribution is 6.09. The van der Waals surface area contributed by atoms with Crippen LogP contribution in [0.5, 0.6) is 11.5 Å². The zero-order chi connectivity index (χ0) is 16.6. The lowest BCUT2D eigenvalue weighted by molar-refractivity contribution is -0.0376. The predicted molar refractivity (Wildman–Crippen MR) is 84.8 cm³/mol. The van der Waals surface area contributed by atoms with E-state index in [-0.39, 0.29) is 23.7 Å². The molecule has 0 spiro atoms. The smallest absolute Gasteiger partial charge is 0.262 e. The third-order valence-electron chi connectivity index (χ3n) is 5.61. The summed E-state index contributed by atoms with van der Waals surface area (Å²) in [7, 11) is 0. The molecule has 1 aromatic carbocycles.